The lowest BCUT2D eigenvalue weighted by Crippen LogP contribution is -2.62. The number of hydrogen-bond acceptors (Lipinski definition) is 15. The molecule has 0 aliphatic carbocycles. The smallest absolute Gasteiger partial charge is 0.247 e. The minimum absolute atomic E-state index is 0.00128. The second kappa shape index (κ2) is 40.5. The molecule has 13 atom stereocenters. The number of amides is 11. The highest BCUT2D eigenvalue weighted by Crippen LogP contribution is 2.24. The molecule has 0 radical (unpaired) electrons. The van der Waals surface area contributed by atoms with Crippen LogP contribution in [0.5, 0.6) is 0 Å². The molecule has 564 valence electrons. The molecule has 102 heavy (non-hydrogen) atoms. The van der Waals surface area contributed by atoms with E-state index in [9.17, 15) is 34.2 Å². The fourth-order valence-electron chi connectivity index (χ4n) is 12.9. The fraction of sp³-hybridized carbons (Fsp3) is 0.618. The molecule has 3 aromatic rings. The number of likely N-dealkylation sites (N-methyl/N-ethyl adjacent to an activating group) is 7. The van der Waals surface area contributed by atoms with E-state index in [2.05, 4.69) is 21.3 Å². The zero-order chi connectivity index (χ0) is 75.8. The van der Waals surface area contributed by atoms with E-state index in [0.29, 0.717) is 49.9 Å². The molecule has 2 aliphatic rings. The predicted molar refractivity (Wildman–Crippen MR) is 388 cm³/mol. The number of hydrogen-bond donors (Lipinski definition) is 6. The number of rotatable bonds is 18. The molecule has 0 bridgehead atoms. The number of aliphatic hydroxyl groups excluding tert-OH is 2. The van der Waals surface area contributed by atoms with Gasteiger partial charge in [-0.2, -0.15) is 0 Å². The van der Waals surface area contributed by atoms with Crippen molar-refractivity contribution in [3.05, 3.63) is 108 Å². The Morgan fingerprint density at radius 1 is 0.510 bits per heavy atom. The van der Waals surface area contributed by atoms with Crippen molar-refractivity contribution in [2.75, 3.05) is 82.1 Å². The van der Waals surface area contributed by atoms with Crippen LogP contribution in [-0.2, 0) is 76.9 Å². The molecule has 11 amide bonds. The van der Waals surface area contributed by atoms with Gasteiger partial charge in [-0.05, 0) is 92.9 Å². The average molecular weight is 1420 g/mol. The Hall–Kier alpha value is -8.33. The van der Waals surface area contributed by atoms with Gasteiger partial charge in [-0.15, -0.1) is 0 Å². The number of piperidine rings is 1. The van der Waals surface area contributed by atoms with E-state index in [-0.39, 0.29) is 44.1 Å². The van der Waals surface area contributed by atoms with Crippen LogP contribution in [0, 0.1) is 23.7 Å². The van der Waals surface area contributed by atoms with Crippen molar-refractivity contribution in [1.29, 1.82) is 0 Å². The zero-order valence-electron chi connectivity index (χ0n) is 63.0. The van der Waals surface area contributed by atoms with Crippen LogP contribution in [0.2, 0.25) is 0 Å². The van der Waals surface area contributed by atoms with Crippen LogP contribution < -0.4 is 21.3 Å². The Kier molecular flexibility index (Phi) is 33.5. The highest BCUT2D eigenvalue weighted by atomic mass is 16.5. The number of aliphatic hydroxyl groups is 2. The number of benzene rings is 3. The minimum Gasteiger partial charge on any atom is -0.391 e. The number of carbonyl (C=O) groups excluding carboxylic acids is 11. The molecule has 26 nitrogen and oxygen atoms in total. The number of β-amino-alcohol motifs (C(OH)–C–C–N with tert-alkyl or cyclic N) is 1. The third-order valence-corrected chi connectivity index (χ3v) is 19.9. The maximum absolute atomic E-state index is 15.4. The van der Waals surface area contributed by atoms with Gasteiger partial charge in [0.25, 0.3) is 0 Å². The van der Waals surface area contributed by atoms with E-state index in [1.54, 1.807) is 79.4 Å². The highest BCUT2D eigenvalue weighted by Gasteiger charge is 2.44. The summed E-state index contributed by atoms with van der Waals surface area (Å²) in [6, 6.07) is 14.7. The molecule has 2 fully saturated rings. The molecule has 26 heteroatoms. The van der Waals surface area contributed by atoms with Crippen molar-refractivity contribution in [2.24, 2.45) is 23.7 Å². The maximum Gasteiger partial charge on any atom is 0.247 e. The molecule has 2 unspecified atom stereocenters. The van der Waals surface area contributed by atoms with Gasteiger partial charge in [0.1, 0.15) is 54.6 Å². The van der Waals surface area contributed by atoms with E-state index < -0.39 is 170 Å². The molecular weight excluding hydrogens is 1300 g/mol. The van der Waals surface area contributed by atoms with E-state index in [0.717, 1.165) is 21.8 Å². The molecule has 5 rings (SSSR count). The average Bonchev–Trinajstić information content (AvgIpc) is 0.823. The van der Waals surface area contributed by atoms with E-state index >= 15 is 28.8 Å². The molecule has 6 N–H and O–H groups in total. The largest absolute Gasteiger partial charge is 0.391 e. The van der Waals surface area contributed by atoms with Gasteiger partial charge in [0.15, 0.2) is 0 Å². The molecule has 0 spiro atoms. The van der Waals surface area contributed by atoms with Crippen LogP contribution in [0.25, 0.3) is 0 Å². The SMILES string of the molecule is CC[C@H](C)[C@@H]1NC(=O)[C@H](Cc2ccccc2)N(C)C(=O)CN(C)C(=O)C[C@@H](C(=O)N2CCCCC2)NC(=O)[C@H]([C@@H](C)CC)N(C)C(=O)C(COCc2ccccc2)NC(=O)[C@H](CC(C)C)N(C)C(=O)[C@H](Cc2ccccc2)N(C)C(O)CN(C)C(=O)[C@H]([C@@H](C)O)NC(=O)[C@H](CC(C)C)N(C)C1=O. The number of nitrogens with one attached hydrogen (secondary N) is 4. The molecular formula is C76H116N12O14. The fourth-order valence-corrected chi connectivity index (χ4v) is 12.9. The standard InChI is InChI=1S/C76H116N12O14/c1-17-50(7)65-76(101)86(15)59(40-49(5)6)69(94)80-66(52(9)89)75(100)82(11)45-64(92)84(13)61(42-54-33-25-20-26-34-54)74(99)85(14)58(39-48(3)4)68(93)78-57(47-102-46-55-35-27-21-28-36-55)72(97)87(16)67(51(8)18-2)71(96)77-56(73(98)88-37-29-22-30-38-88)43-62(90)81(10)44-63(91)83(12)60(70(95)79-65)41-53-31-23-19-24-32-53/h19-21,23-28,31-36,48-52,56-61,64-67,89,92H,17-18,22,29-30,37-47H2,1-16H3,(H,77,96)(H,78,93)(H,79,95)(H,80,94)/t50-,51-,52+,56-,57?,58-,59-,60-,61-,64?,65-,66-,67-/m0/s1. The Morgan fingerprint density at radius 2 is 0.990 bits per heavy atom. The lowest BCUT2D eigenvalue weighted by atomic mass is 9.94. The van der Waals surface area contributed by atoms with Gasteiger partial charge in [0.2, 0.25) is 65.0 Å². The summed E-state index contributed by atoms with van der Waals surface area (Å²) in [7, 11) is 9.89. The summed E-state index contributed by atoms with van der Waals surface area (Å²) in [4.78, 5) is 175. The first-order valence-corrected chi connectivity index (χ1v) is 36.0. The molecule has 2 aliphatic heterocycles. The molecule has 2 saturated heterocycles. The normalized spacial score (nSPS) is 25.4. The molecule has 3 aromatic carbocycles. The Balaban J connectivity index is 1.68. The van der Waals surface area contributed by atoms with Crippen LogP contribution in [0.3, 0.4) is 0 Å². The zero-order valence-corrected chi connectivity index (χ0v) is 63.0. The first-order chi connectivity index (χ1) is 48.2. The number of ether oxygens (including phenoxy) is 1. The molecule has 0 aromatic heterocycles. The van der Waals surface area contributed by atoms with Gasteiger partial charge in [0.05, 0.1) is 44.9 Å². The van der Waals surface area contributed by atoms with Crippen LogP contribution >= 0.6 is 0 Å². The van der Waals surface area contributed by atoms with Gasteiger partial charge in [0, 0.05) is 61.8 Å². The Morgan fingerprint density at radius 3 is 1.50 bits per heavy atom. The lowest BCUT2D eigenvalue weighted by Gasteiger charge is -2.39. The summed E-state index contributed by atoms with van der Waals surface area (Å²) in [6.07, 6.45) is -0.703. The highest BCUT2D eigenvalue weighted by molar-refractivity contribution is 5.99. The first kappa shape index (κ1) is 84.3. The summed E-state index contributed by atoms with van der Waals surface area (Å²) in [6.45, 7) is 15.1. The second-order valence-corrected chi connectivity index (χ2v) is 28.8. The van der Waals surface area contributed by atoms with Crippen LogP contribution in [0.4, 0.5) is 0 Å². The van der Waals surface area contributed by atoms with Crippen LogP contribution in [0.1, 0.15) is 130 Å². The summed E-state index contributed by atoms with van der Waals surface area (Å²) in [5, 5.41) is 34.9. The quantitative estimate of drug-likeness (QED) is 0.106. The van der Waals surface area contributed by atoms with E-state index in [1.165, 1.54) is 80.8 Å². The van der Waals surface area contributed by atoms with Crippen LogP contribution in [-0.4, -0.2) is 263 Å². The van der Waals surface area contributed by atoms with Gasteiger partial charge in [-0.3, -0.25) is 57.6 Å². The topological polar surface area (TPSA) is 311 Å². The summed E-state index contributed by atoms with van der Waals surface area (Å²) >= 11 is 0. The van der Waals surface area contributed by atoms with Crippen molar-refractivity contribution in [2.45, 2.75) is 200 Å². The van der Waals surface area contributed by atoms with Crippen molar-refractivity contribution < 1.29 is 67.7 Å². The van der Waals surface area contributed by atoms with Gasteiger partial charge < -0.3 is 70.5 Å². The van der Waals surface area contributed by atoms with Crippen molar-refractivity contribution in [3.8, 4) is 0 Å². The number of nitrogens with zero attached hydrogens (tertiary/aromatic N) is 8. The van der Waals surface area contributed by atoms with E-state index in [1.807, 2.05) is 71.9 Å². The molecule has 2 heterocycles. The minimum atomic E-state index is -1.63. The third kappa shape index (κ3) is 23.9. The Labute approximate surface area is 603 Å². The number of likely N-dealkylation sites (tertiary alicyclic amines) is 1. The summed E-state index contributed by atoms with van der Waals surface area (Å²) in [5.74, 6) is -9.47. The Bertz CT molecular complexity index is 3250. The monoisotopic (exact) mass is 1420 g/mol. The third-order valence-electron chi connectivity index (χ3n) is 19.9. The molecule has 0 saturated carbocycles. The summed E-state index contributed by atoms with van der Waals surface area (Å²) < 4.78 is 6.20. The number of carbonyl (C=O) groups is 11. The van der Waals surface area contributed by atoms with Gasteiger partial charge >= 0.3 is 0 Å². The summed E-state index contributed by atoms with van der Waals surface area (Å²) in [5.41, 5.74) is 2.10. The first-order valence-electron chi connectivity index (χ1n) is 36.0. The van der Waals surface area contributed by atoms with Crippen molar-refractivity contribution in [1.82, 2.24) is 60.5 Å². The maximum atomic E-state index is 15.4. The van der Waals surface area contributed by atoms with Crippen molar-refractivity contribution in [3.63, 3.8) is 0 Å². The van der Waals surface area contributed by atoms with Crippen molar-refractivity contribution >= 4 is 65.0 Å². The predicted octanol–water partition coefficient (Wildman–Crippen LogP) is 3.45. The van der Waals surface area contributed by atoms with Crippen LogP contribution in [0.15, 0.2) is 91.0 Å². The van der Waals surface area contributed by atoms with E-state index in [4.69, 9.17) is 4.74 Å². The second-order valence-electron chi connectivity index (χ2n) is 28.8. The van der Waals surface area contributed by atoms with Gasteiger partial charge in [-0.1, -0.05) is 159 Å². The lowest BCUT2D eigenvalue weighted by molar-refractivity contribution is -0.150. The van der Waals surface area contributed by atoms with Gasteiger partial charge in [-0.25, -0.2) is 0 Å².